The van der Waals surface area contributed by atoms with Crippen molar-refractivity contribution in [2.24, 2.45) is 0 Å². The lowest BCUT2D eigenvalue weighted by atomic mass is 10.2. The molecule has 4 nitrogen and oxygen atoms in total. The van der Waals surface area contributed by atoms with Crippen molar-refractivity contribution in [3.8, 4) is 5.75 Å². The third-order valence-corrected chi connectivity index (χ3v) is 4.65. The first-order valence-electron chi connectivity index (χ1n) is 9.05. The molecule has 134 valence electrons. The Morgan fingerprint density at radius 2 is 1.56 bits per heavy atom. The van der Waals surface area contributed by atoms with Crippen molar-refractivity contribution in [1.29, 1.82) is 0 Å². The maximum Gasteiger partial charge on any atom is 0.119 e. The van der Waals surface area contributed by atoms with Gasteiger partial charge in [0, 0.05) is 39.3 Å². The molecule has 3 rings (SSSR count). The van der Waals surface area contributed by atoms with Gasteiger partial charge in [0.25, 0.3) is 0 Å². The molecule has 0 bridgehead atoms. The number of ether oxygens (including phenoxy) is 1. The first-order valence-corrected chi connectivity index (χ1v) is 9.05. The molecule has 1 N–H and O–H groups in total. The summed E-state index contributed by atoms with van der Waals surface area (Å²) in [6, 6.07) is 18.5. The monoisotopic (exact) mass is 340 g/mol. The minimum absolute atomic E-state index is 0.341. The van der Waals surface area contributed by atoms with E-state index in [2.05, 4.69) is 47.1 Å². The van der Waals surface area contributed by atoms with E-state index in [1.165, 1.54) is 11.1 Å². The number of aliphatic hydroxyl groups excluding tert-OH is 1. The molecule has 0 amide bonds. The Hall–Kier alpha value is -1.88. The van der Waals surface area contributed by atoms with Crippen LogP contribution in [-0.4, -0.2) is 60.3 Å². The van der Waals surface area contributed by atoms with Crippen LogP contribution in [0.3, 0.4) is 0 Å². The Morgan fingerprint density at radius 3 is 2.24 bits per heavy atom. The molecule has 1 aliphatic rings. The molecular formula is C21H28N2O2. The third-order valence-electron chi connectivity index (χ3n) is 4.65. The normalized spacial score (nSPS) is 17.4. The fourth-order valence-corrected chi connectivity index (χ4v) is 3.15. The van der Waals surface area contributed by atoms with Crippen LogP contribution in [0, 0.1) is 6.92 Å². The number of aliphatic hydroxyl groups is 1. The van der Waals surface area contributed by atoms with Gasteiger partial charge in [-0.3, -0.25) is 9.80 Å². The van der Waals surface area contributed by atoms with E-state index in [-0.39, 0.29) is 0 Å². The molecule has 2 aromatic carbocycles. The summed E-state index contributed by atoms with van der Waals surface area (Å²) in [5, 5.41) is 10.2. The molecule has 1 aliphatic heterocycles. The highest BCUT2D eigenvalue weighted by atomic mass is 16.5. The number of hydrogen-bond donors (Lipinski definition) is 1. The summed E-state index contributed by atoms with van der Waals surface area (Å²) in [4.78, 5) is 4.80. The highest BCUT2D eigenvalue weighted by Gasteiger charge is 2.19. The number of piperazine rings is 1. The second kappa shape index (κ2) is 8.99. The standard InChI is InChI=1S/C21H28N2O2/c1-18-7-9-21(10-8-18)25-17-20(24)16-23-13-11-22(12-14-23)15-19-5-3-2-4-6-19/h2-10,20,24H,11-17H2,1H3/t20-/m0/s1. The number of aryl methyl sites for hydroxylation is 1. The van der Waals surface area contributed by atoms with E-state index in [4.69, 9.17) is 4.74 Å². The lowest BCUT2D eigenvalue weighted by Gasteiger charge is -2.35. The number of β-amino-alcohol motifs (C(OH)–C–C–N with tert-alkyl or cyclic N) is 1. The van der Waals surface area contributed by atoms with E-state index in [9.17, 15) is 5.11 Å². The average Bonchev–Trinajstić information content (AvgIpc) is 2.64. The van der Waals surface area contributed by atoms with E-state index in [1.807, 2.05) is 24.3 Å². The van der Waals surface area contributed by atoms with Gasteiger partial charge in [0.15, 0.2) is 0 Å². The van der Waals surface area contributed by atoms with Gasteiger partial charge in [-0.05, 0) is 24.6 Å². The molecule has 0 radical (unpaired) electrons. The number of rotatable bonds is 7. The van der Waals surface area contributed by atoms with Crippen molar-refractivity contribution in [3.05, 3.63) is 65.7 Å². The van der Waals surface area contributed by atoms with Crippen LogP contribution in [0.5, 0.6) is 5.75 Å². The van der Waals surface area contributed by atoms with Crippen molar-refractivity contribution < 1.29 is 9.84 Å². The largest absolute Gasteiger partial charge is 0.491 e. The highest BCUT2D eigenvalue weighted by molar-refractivity contribution is 5.26. The molecule has 0 saturated carbocycles. The van der Waals surface area contributed by atoms with Gasteiger partial charge in [0.1, 0.15) is 18.5 Å². The summed E-state index contributed by atoms with van der Waals surface area (Å²) in [6.45, 7) is 8.14. The molecule has 2 aromatic rings. The highest BCUT2D eigenvalue weighted by Crippen LogP contribution is 2.12. The van der Waals surface area contributed by atoms with Crippen LogP contribution in [0.4, 0.5) is 0 Å². The van der Waals surface area contributed by atoms with Crippen LogP contribution >= 0.6 is 0 Å². The Morgan fingerprint density at radius 1 is 0.920 bits per heavy atom. The smallest absolute Gasteiger partial charge is 0.119 e. The fraction of sp³-hybridized carbons (Fsp3) is 0.429. The summed E-state index contributed by atoms with van der Waals surface area (Å²) in [7, 11) is 0. The van der Waals surface area contributed by atoms with Crippen LogP contribution in [0.25, 0.3) is 0 Å². The van der Waals surface area contributed by atoms with E-state index in [0.29, 0.717) is 13.2 Å². The topological polar surface area (TPSA) is 35.9 Å². The molecule has 0 aromatic heterocycles. The molecule has 1 fully saturated rings. The van der Waals surface area contributed by atoms with E-state index < -0.39 is 6.10 Å². The number of hydrogen-bond acceptors (Lipinski definition) is 4. The third kappa shape index (κ3) is 5.85. The second-order valence-electron chi connectivity index (χ2n) is 6.84. The van der Waals surface area contributed by atoms with Gasteiger partial charge in [-0.25, -0.2) is 0 Å². The Balaban J connectivity index is 1.36. The van der Waals surface area contributed by atoms with Crippen LogP contribution in [0.2, 0.25) is 0 Å². The van der Waals surface area contributed by atoms with Crippen molar-refractivity contribution in [2.75, 3.05) is 39.3 Å². The maximum atomic E-state index is 10.2. The Bertz CT molecular complexity index is 622. The number of nitrogens with zero attached hydrogens (tertiary/aromatic N) is 2. The second-order valence-corrected chi connectivity index (χ2v) is 6.84. The van der Waals surface area contributed by atoms with Gasteiger partial charge in [0.05, 0.1) is 0 Å². The van der Waals surface area contributed by atoms with Gasteiger partial charge in [0.2, 0.25) is 0 Å². The zero-order chi connectivity index (χ0) is 17.5. The zero-order valence-electron chi connectivity index (χ0n) is 15.0. The summed E-state index contributed by atoms with van der Waals surface area (Å²) in [5.41, 5.74) is 2.57. The van der Waals surface area contributed by atoms with Gasteiger partial charge in [-0.2, -0.15) is 0 Å². The summed E-state index contributed by atoms with van der Waals surface area (Å²) < 4.78 is 5.68. The lowest BCUT2D eigenvalue weighted by Crippen LogP contribution is -2.48. The molecule has 4 heteroatoms. The van der Waals surface area contributed by atoms with Crippen molar-refractivity contribution in [1.82, 2.24) is 9.80 Å². The Labute approximate surface area is 150 Å². The van der Waals surface area contributed by atoms with Crippen molar-refractivity contribution in [3.63, 3.8) is 0 Å². The van der Waals surface area contributed by atoms with Crippen molar-refractivity contribution >= 4 is 0 Å². The summed E-state index contributed by atoms with van der Waals surface area (Å²) >= 11 is 0. The Kier molecular flexibility index (Phi) is 6.45. The van der Waals surface area contributed by atoms with Gasteiger partial charge < -0.3 is 9.84 Å². The van der Waals surface area contributed by atoms with E-state index in [1.54, 1.807) is 0 Å². The van der Waals surface area contributed by atoms with Gasteiger partial charge in [-0.1, -0.05) is 48.0 Å². The van der Waals surface area contributed by atoms with E-state index >= 15 is 0 Å². The van der Waals surface area contributed by atoms with Crippen molar-refractivity contribution in [2.45, 2.75) is 19.6 Å². The fourth-order valence-electron chi connectivity index (χ4n) is 3.15. The van der Waals surface area contributed by atoms with Crippen LogP contribution in [-0.2, 0) is 6.54 Å². The van der Waals surface area contributed by atoms with Gasteiger partial charge in [-0.15, -0.1) is 0 Å². The predicted molar refractivity (Wildman–Crippen MR) is 101 cm³/mol. The minimum Gasteiger partial charge on any atom is -0.491 e. The molecule has 0 aliphatic carbocycles. The molecule has 1 atom stereocenters. The first-order chi connectivity index (χ1) is 12.2. The maximum absolute atomic E-state index is 10.2. The van der Waals surface area contributed by atoms with Gasteiger partial charge >= 0.3 is 0 Å². The quantitative estimate of drug-likeness (QED) is 0.840. The SMILES string of the molecule is Cc1ccc(OC[C@@H](O)CN2CCN(Cc3ccccc3)CC2)cc1. The average molecular weight is 340 g/mol. The summed E-state index contributed by atoms with van der Waals surface area (Å²) in [5.74, 6) is 0.817. The zero-order valence-corrected chi connectivity index (χ0v) is 15.0. The van der Waals surface area contributed by atoms with Crippen LogP contribution in [0.15, 0.2) is 54.6 Å². The molecule has 0 spiro atoms. The molecule has 0 unspecified atom stereocenters. The minimum atomic E-state index is -0.457. The lowest BCUT2D eigenvalue weighted by molar-refractivity contribution is 0.0446. The molecule has 25 heavy (non-hydrogen) atoms. The van der Waals surface area contributed by atoms with Crippen LogP contribution < -0.4 is 4.74 Å². The molecular weight excluding hydrogens is 312 g/mol. The van der Waals surface area contributed by atoms with E-state index in [0.717, 1.165) is 38.5 Å². The van der Waals surface area contributed by atoms with Crippen LogP contribution in [0.1, 0.15) is 11.1 Å². The molecule has 1 heterocycles. The first kappa shape index (κ1) is 17.9. The predicted octanol–water partition coefficient (Wildman–Crippen LogP) is 2.55. The summed E-state index contributed by atoms with van der Waals surface area (Å²) in [6.07, 6.45) is -0.457. The molecule has 1 saturated heterocycles. The number of benzene rings is 2.